The van der Waals surface area contributed by atoms with Crippen LogP contribution in [0.4, 0.5) is 5.69 Å². The Bertz CT molecular complexity index is 1070. The highest BCUT2D eigenvalue weighted by Crippen LogP contribution is 2.59. The van der Waals surface area contributed by atoms with Crippen LogP contribution in [0.1, 0.15) is 57.8 Å². The van der Waals surface area contributed by atoms with Crippen molar-refractivity contribution >= 4 is 23.3 Å². The lowest BCUT2D eigenvalue weighted by Gasteiger charge is -2.51. The van der Waals surface area contributed by atoms with E-state index in [2.05, 4.69) is 41.3 Å². The van der Waals surface area contributed by atoms with E-state index in [1.165, 1.54) is 11.3 Å². The van der Waals surface area contributed by atoms with E-state index in [0.717, 1.165) is 35.5 Å². The normalized spacial score (nSPS) is 30.8. The van der Waals surface area contributed by atoms with Gasteiger partial charge in [0, 0.05) is 29.1 Å². The maximum Gasteiger partial charge on any atom is 0.0715 e. The molecule has 3 nitrogen and oxygen atoms in total. The number of carbonyl (C=O) groups excluding carboxylic acids is 1. The van der Waals surface area contributed by atoms with Crippen LogP contribution in [0.2, 0.25) is 5.02 Å². The first-order chi connectivity index (χ1) is 14.1. The molecule has 2 heterocycles. The molecule has 2 aromatic rings. The van der Waals surface area contributed by atoms with E-state index in [1.807, 2.05) is 24.3 Å². The summed E-state index contributed by atoms with van der Waals surface area (Å²) in [6.45, 7) is 0.974. The Balaban J connectivity index is 1.62. The van der Waals surface area contributed by atoms with Gasteiger partial charge >= 0.3 is 0 Å². The molecule has 2 aliphatic carbocycles. The molecule has 146 valence electrons. The van der Waals surface area contributed by atoms with Crippen LogP contribution in [0.3, 0.4) is 0 Å². The van der Waals surface area contributed by atoms with Gasteiger partial charge < -0.3 is 14.8 Å². The van der Waals surface area contributed by atoms with Crippen LogP contribution in [0.25, 0.3) is 0 Å². The van der Waals surface area contributed by atoms with Crippen molar-refractivity contribution in [2.45, 2.75) is 30.7 Å². The molecule has 2 aliphatic heterocycles. The Hall–Kier alpha value is -2.52. The first kappa shape index (κ1) is 17.3. The highest BCUT2D eigenvalue weighted by molar-refractivity contribution is 6.31. The number of carbonyl (C=O) groups is 1. The van der Waals surface area contributed by atoms with Crippen molar-refractivity contribution < 1.29 is 9.90 Å². The second-order valence-corrected chi connectivity index (χ2v) is 9.12. The van der Waals surface area contributed by atoms with Crippen molar-refractivity contribution in [3.63, 3.8) is 0 Å². The van der Waals surface area contributed by atoms with Gasteiger partial charge in [0.2, 0.25) is 0 Å². The first-order valence-electron chi connectivity index (χ1n) is 10.4. The first-order valence-corrected chi connectivity index (χ1v) is 10.7. The maximum absolute atomic E-state index is 11.8. The van der Waals surface area contributed by atoms with Gasteiger partial charge in [0.1, 0.15) is 0 Å². The molecule has 0 fully saturated rings. The van der Waals surface area contributed by atoms with Gasteiger partial charge in [-0.15, -0.1) is 0 Å². The molecule has 29 heavy (non-hydrogen) atoms. The van der Waals surface area contributed by atoms with E-state index < -0.39 is 5.97 Å². The largest absolute Gasteiger partial charge is 0.545 e. The topological polar surface area (TPSA) is 43.4 Å². The molecular formula is C25H21ClNO2-. The van der Waals surface area contributed by atoms with E-state index >= 15 is 0 Å². The third-order valence-electron chi connectivity index (χ3n) is 7.31. The Kier molecular flexibility index (Phi) is 3.73. The summed E-state index contributed by atoms with van der Waals surface area (Å²) in [6.07, 6.45) is 11.0. The van der Waals surface area contributed by atoms with E-state index in [0.29, 0.717) is 17.4 Å². The molecule has 2 aromatic carbocycles. The summed E-state index contributed by atoms with van der Waals surface area (Å²) in [7, 11) is 0. The summed E-state index contributed by atoms with van der Waals surface area (Å²) in [5.74, 6) is 0.239. The highest BCUT2D eigenvalue weighted by Gasteiger charge is 2.48. The number of benzene rings is 2. The molecule has 6 rings (SSSR count). The van der Waals surface area contributed by atoms with Crippen molar-refractivity contribution in [3.05, 3.63) is 88.0 Å². The van der Waals surface area contributed by atoms with Crippen molar-refractivity contribution in [2.24, 2.45) is 11.8 Å². The molecule has 5 atom stereocenters. The van der Waals surface area contributed by atoms with Gasteiger partial charge in [-0.2, -0.15) is 0 Å². The summed E-state index contributed by atoms with van der Waals surface area (Å²) in [4.78, 5) is 14.3. The molecule has 0 unspecified atom stereocenters. The SMILES string of the molecule is O=C([O-])c1cc2c3c(c1)[C@H]1C=CC[C@@H]1[C@@H](c1ccccc1Cl)N3C[C@H]1CC=C[C@H]21. The van der Waals surface area contributed by atoms with Crippen molar-refractivity contribution in [2.75, 3.05) is 11.4 Å². The average Bonchev–Trinajstić information content (AvgIpc) is 3.38. The van der Waals surface area contributed by atoms with Gasteiger partial charge in [-0.05, 0) is 65.1 Å². The quantitative estimate of drug-likeness (QED) is 0.689. The fourth-order valence-electron chi connectivity index (χ4n) is 6.16. The molecule has 0 saturated heterocycles. The standard InChI is InChI=1S/C25H22ClNO2/c26-22-10-2-1-6-19(22)23-18-9-4-8-17(18)21-12-15(25(28)29)11-20-16-7-3-5-14(16)13-27(23)24(20)21/h1-4,6-8,10-12,14,16-18,23H,5,9,13H2,(H,28,29)/p-1/t14-,16+,17+,18+,23+/m1/s1. The third-order valence-corrected chi connectivity index (χ3v) is 7.65. The van der Waals surface area contributed by atoms with Crippen LogP contribution >= 0.6 is 11.6 Å². The molecule has 4 heteroatoms. The number of nitrogens with zero attached hydrogens (tertiary/aromatic N) is 1. The van der Waals surface area contributed by atoms with Gasteiger partial charge in [0.25, 0.3) is 0 Å². The summed E-state index contributed by atoms with van der Waals surface area (Å²) in [6, 6.07) is 12.1. The Morgan fingerprint density at radius 3 is 2.52 bits per heavy atom. The van der Waals surface area contributed by atoms with Crippen LogP contribution in [0.5, 0.6) is 0 Å². The Morgan fingerprint density at radius 1 is 1.00 bits per heavy atom. The monoisotopic (exact) mass is 402 g/mol. The summed E-state index contributed by atoms with van der Waals surface area (Å²) in [5, 5.41) is 12.6. The van der Waals surface area contributed by atoms with Crippen molar-refractivity contribution in [1.29, 1.82) is 0 Å². The smallest absolute Gasteiger partial charge is 0.0715 e. The lowest BCUT2D eigenvalue weighted by atomic mass is 9.70. The fraction of sp³-hybridized carbons (Fsp3) is 0.320. The Morgan fingerprint density at radius 2 is 1.72 bits per heavy atom. The lowest BCUT2D eigenvalue weighted by molar-refractivity contribution is -0.255. The Labute approximate surface area is 175 Å². The molecular weight excluding hydrogens is 382 g/mol. The molecule has 4 aliphatic rings. The second kappa shape index (κ2) is 6.24. The summed E-state index contributed by atoms with van der Waals surface area (Å²) in [5.41, 5.74) is 4.98. The van der Waals surface area contributed by atoms with E-state index in [1.54, 1.807) is 0 Å². The molecule has 0 amide bonds. The predicted molar refractivity (Wildman–Crippen MR) is 112 cm³/mol. The molecule has 0 radical (unpaired) electrons. The minimum atomic E-state index is -1.09. The minimum absolute atomic E-state index is 0.199. The third kappa shape index (κ3) is 2.40. The van der Waals surface area contributed by atoms with Crippen molar-refractivity contribution in [3.8, 4) is 0 Å². The number of fused-ring (bicyclic) bond motifs is 4. The highest BCUT2D eigenvalue weighted by atomic mass is 35.5. The average molecular weight is 403 g/mol. The lowest BCUT2D eigenvalue weighted by Crippen LogP contribution is -2.46. The number of anilines is 1. The van der Waals surface area contributed by atoms with Gasteiger partial charge in [-0.1, -0.05) is 54.1 Å². The van der Waals surface area contributed by atoms with Crippen molar-refractivity contribution in [1.82, 2.24) is 0 Å². The summed E-state index contributed by atoms with van der Waals surface area (Å²) >= 11 is 6.69. The number of carboxylic acid groups (broad SMARTS) is 1. The number of allylic oxidation sites excluding steroid dienone is 4. The zero-order valence-corrected chi connectivity index (χ0v) is 16.7. The predicted octanol–water partition coefficient (Wildman–Crippen LogP) is 4.60. The van der Waals surface area contributed by atoms with Gasteiger partial charge in [-0.3, -0.25) is 0 Å². The van der Waals surface area contributed by atoms with Crippen LogP contribution in [-0.4, -0.2) is 12.5 Å². The molecule has 0 spiro atoms. The van der Waals surface area contributed by atoms with Crippen LogP contribution in [0.15, 0.2) is 60.7 Å². The number of halogens is 1. The minimum Gasteiger partial charge on any atom is -0.545 e. The summed E-state index contributed by atoms with van der Waals surface area (Å²) < 4.78 is 0. The molecule has 0 saturated carbocycles. The molecule has 0 N–H and O–H groups in total. The molecule has 0 bridgehead atoms. The van der Waals surface area contributed by atoms with E-state index in [9.17, 15) is 9.90 Å². The van der Waals surface area contributed by atoms with Gasteiger partial charge in [0.05, 0.1) is 12.0 Å². The van der Waals surface area contributed by atoms with Crippen LogP contribution < -0.4 is 10.0 Å². The van der Waals surface area contributed by atoms with Crippen LogP contribution in [0, 0.1) is 11.8 Å². The zero-order valence-electron chi connectivity index (χ0n) is 15.9. The van der Waals surface area contributed by atoms with Crippen LogP contribution in [-0.2, 0) is 0 Å². The fourth-order valence-corrected chi connectivity index (χ4v) is 6.41. The number of hydrogen-bond acceptors (Lipinski definition) is 3. The maximum atomic E-state index is 11.8. The zero-order chi connectivity index (χ0) is 19.7. The second-order valence-electron chi connectivity index (χ2n) is 8.71. The van der Waals surface area contributed by atoms with E-state index in [4.69, 9.17) is 11.6 Å². The van der Waals surface area contributed by atoms with Gasteiger partial charge in [-0.25, -0.2) is 0 Å². The molecule has 0 aromatic heterocycles. The van der Waals surface area contributed by atoms with E-state index in [-0.39, 0.29) is 17.9 Å². The number of rotatable bonds is 2. The number of aromatic carboxylic acids is 1. The number of carboxylic acids is 1. The number of hydrogen-bond donors (Lipinski definition) is 0. The van der Waals surface area contributed by atoms with Gasteiger partial charge in [0.15, 0.2) is 0 Å².